The van der Waals surface area contributed by atoms with Gasteiger partial charge in [0.25, 0.3) is 5.91 Å². The number of rotatable bonds is 2. The molecule has 1 saturated heterocycles. The Morgan fingerprint density at radius 1 is 1.10 bits per heavy atom. The first-order chi connectivity index (χ1) is 24.5. The van der Waals surface area contributed by atoms with Crippen LogP contribution in [0.3, 0.4) is 0 Å². The van der Waals surface area contributed by atoms with Gasteiger partial charge < -0.3 is 19.5 Å². The molecule has 2 bridgehead atoms. The maximum Gasteiger partial charge on any atom is 0.264 e. The van der Waals surface area contributed by atoms with Crippen LogP contribution in [-0.2, 0) is 26.6 Å². The van der Waals surface area contributed by atoms with E-state index in [0.29, 0.717) is 56.7 Å². The number of nitrogens with one attached hydrogen (secondary N) is 1. The molecule has 0 aromatic heterocycles. The Balaban J connectivity index is 1.25. The zero-order valence-corrected chi connectivity index (χ0v) is 31.2. The second-order valence-electron chi connectivity index (χ2n) is 15.3. The fourth-order valence-corrected chi connectivity index (χ4v) is 10.1. The standard InChI is InChI=1S/C40H50ClN3O6S/c1-28-7-5-17-40(46,16-3-4-18-43-19-21-49-22-20-43)35-12-9-32(35)25-44-26-39(15-6-8-30-23-33(41)11-13-34(30)39)27-50-37-14-10-31(24-36(37)44)38(45)42-51(47,48)29(28)2/h10-11,13-14,23-24,29,32,35,46H,1,4-9,12,15,17-22,25-27H2,2H3,(H,42,45)/t29-,32+,35-,39+,40+/m1/s1. The predicted molar refractivity (Wildman–Crippen MR) is 200 cm³/mol. The minimum Gasteiger partial charge on any atom is -0.490 e. The van der Waals surface area contributed by atoms with Gasteiger partial charge in [0.15, 0.2) is 0 Å². The number of ether oxygens (including phenoxy) is 2. The van der Waals surface area contributed by atoms with Gasteiger partial charge in [0.1, 0.15) is 11.4 Å². The van der Waals surface area contributed by atoms with Crippen LogP contribution in [0.25, 0.3) is 0 Å². The van der Waals surface area contributed by atoms with Gasteiger partial charge in [0.05, 0.1) is 30.8 Å². The fraction of sp³-hybridized carbons (Fsp3) is 0.575. The van der Waals surface area contributed by atoms with Crippen molar-refractivity contribution in [3.63, 3.8) is 0 Å². The summed E-state index contributed by atoms with van der Waals surface area (Å²) >= 11 is 6.46. The topological polar surface area (TPSA) is 108 Å². The number of fused-ring (bicyclic) bond motifs is 4. The number of halogens is 1. The SMILES string of the molecule is C=C1CCC[C@@](O)(C#CCCN2CCOCC2)[C@@H]2CC[C@H]2CN2C[C@@]3(CCCc4cc(Cl)ccc43)COc3ccc(cc32)C(=O)NS(=O)(=O)[C@@H]1C. The molecule has 2 fully saturated rings. The van der Waals surface area contributed by atoms with Crippen molar-refractivity contribution in [3.05, 3.63) is 70.3 Å². The third kappa shape index (κ3) is 7.56. The molecule has 1 spiro atoms. The maximum atomic E-state index is 13.5. The van der Waals surface area contributed by atoms with E-state index in [0.717, 1.165) is 75.7 Å². The molecule has 3 heterocycles. The van der Waals surface area contributed by atoms with Crippen LogP contribution in [0.15, 0.2) is 48.6 Å². The Morgan fingerprint density at radius 3 is 2.69 bits per heavy atom. The lowest BCUT2D eigenvalue weighted by Crippen LogP contribution is -2.52. The molecule has 0 unspecified atom stereocenters. The number of benzene rings is 2. The number of carbonyl (C=O) groups excluding carboxylic acids is 1. The number of carbonyl (C=O) groups is 1. The lowest BCUT2D eigenvalue weighted by Gasteiger charge is -2.48. The first-order valence-corrected chi connectivity index (χ1v) is 20.5. The van der Waals surface area contributed by atoms with E-state index < -0.39 is 26.8 Å². The number of hydrogen-bond donors (Lipinski definition) is 2. The minimum absolute atomic E-state index is 0.0526. The van der Waals surface area contributed by atoms with Crippen LogP contribution in [0, 0.1) is 23.7 Å². The largest absolute Gasteiger partial charge is 0.490 e. The third-order valence-corrected chi connectivity index (χ3v) is 14.0. The quantitative estimate of drug-likeness (QED) is 0.309. The summed E-state index contributed by atoms with van der Waals surface area (Å²) < 4.78 is 41.3. The molecule has 274 valence electrons. The highest BCUT2D eigenvalue weighted by atomic mass is 35.5. The second kappa shape index (κ2) is 14.7. The van der Waals surface area contributed by atoms with E-state index in [1.165, 1.54) is 11.1 Å². The summed E-state index contributed by atoms with van der Waals surface area (Å²) in [5.41, 5.74) is 2.44. The first kappa shape index (κ1) is 36.3. The number of morpholine rings is 1. The summed E-state index contributed by atoms with van der Waals surface area (Å²) in [6.07, 6.45) is 6.72. The molecule has 3 aliphatic heterocycles. The Morgan fingerprint density at radius 2 is 1.90 bits per heavy atom. The number of anilines is 1. The van der Waals surface area contributed by atoms with Gasteiger partial charge in [-0.25, -0.2) is 13.1 Å². The van der Waals surface area contributed by atoms with Gasteiger partial charge in [0.2, 0.25) is 10.0 Å². The van der Waals surface area contributed by atoms with Crippen molar-refractivity contribution in [1.82, 2.24) is 9.62 Å². The zero-order valence-electron chi connectivity index (χ0n) is 29.6. The number of hydrogen-bond acceptors (Lipinski definition) is 8. The normalized spacial score (nSPS) is 31.1. The van der Waals surface area contributed by atoms with Crippen molar-refractivity contribution in [3.8, 4) is 17.6 Å². The van der Waals surface area contributed by atoms with E-state index in [9.17, 15) is 18.3 Å². The van der Waals surface area contributed by atoms with Crippen molar-refractivity contribution in [2.75, 3.05) is 57.4 Å². The van der Waals surface area contributed by atoms with Crippen molar-refractivity contribution in [2.45, 2.75) is 81.0 Å². The van der Waals surface area contributed by atoms with Crippen molar-refractivity contribution >= 4 is 33.2 Å². The molecule has 1 saturated carbocycles. The van der Waals surface area contributed by atoms with Gasteiger partial charge in [-0.1, -0.05) is 41.7 Å². The average Bonchev–Trinajstić information content (AvgIpc) is 3.24. The first-order valence-electron chi connectivity index (χ1n) is 18.5. The highest BCUT2D eigenvalue weighted by Gasteiger charge is 2.48. The summed E-state index contributed by atoms with van der Waals surface area (Å²) in [5, 5.41) is 12.2. The number of sulfonamides is 1. The average molecular weight is 736 g/mol. The summed E-state index contributed by atoms with van der Waals surface area (Å²) in [4.78, 5) is 18.2. The van der Waals surface area contributed by atoms with Crippen molar-refractivity contribution < 1.29 is 27.8 Å². The lowest BCUT2D eigenvalue weighted by molar-refractivity contribution is -0.0441. The molecular formula is C40H50ClN3O6S. The predicted octanol–water partition coefficient (Wildman–Crippen LogP) is 5.48. The second-order valence-corrected chi connectivity index (χ2v) is 17.7. The number of aryl methyl sites for hydroxylation is 1. The van der Waals surface area contributed by atoms with Crippen LogP contribution in [0.5, 0.6) is 5.75 Å². The zero-order chi connectivity index (χ0) is 35.8. The van der Waals surface area contributed by atoms with E-state index in [-0.39, 0.29) is 22.8 Å². The van der Waals surface area contributed by atoms with Crippen LogP contribution < -0.4 is 14.4 Å². The van der Waals surface area contributed by atoms with Crippen LogP contribution in [0.1, 0.15) is 79.8 Å². The van der Waals surface area contributed by atoms with E-state index in [2.05, 4.69) is 45.1 Å². The highest BCUT2D eigenvalue weighted by molar-refractivity contribution is 7.90. The Bertz CT molecular complexity index is 1830. The molecule has 9 nitrogen and oxygen atoms in total. The Labute approximate surface area is 307 Å². The summed E-state index contributed by atoms with van der Waals surface area (Å²) in [5.74, 6) is 6.79. The summed E-state index contributed by atoms with van der Waals surface area (Å²) in [6.45, 7) is 11.5. The molecule has 5 atom stereocenters. The molecule has 11 heteroatoms. The molecule has 1 amide bonds. The van der Waals surface area contributed by atoms with Crippen LogP contribution >= 0.6 is 11.6 Å². The lowest BCUT2D eigenvalue weighted by atomic mass is 9.63. The van der Waals surface area contributed by atoms with E-state index in [1.54, 1.807) is 25.1 Å². The smallest absolute Gasteiger partial charge is 0.264 e. The van der Waals surface area contributed by atoms with Gasteiger partial charge in [-0.15, -0.1) is 0 Å². The number of aliphatic hydroxyl groups is 1. The summed E-state index contributed by atoms with van der Waals surface area (Å²) in [6, 6.07) is 11.4. The van der Waals surface area contributed by atoms with Crippen LogP contribution in [-0.4, -0.2) is 87.7 Å². The van der Waals surface area contributed by atoms with Crippen molar-refractivity contribution in [1.29, 1.82) is 0 Å². The Hall–Kier alpha value is -3.07. The third-order valence-electron chi connectivity index (χ3n) is 12.1. The molecule has 51 heavy (non-hydrogen) atoms. The fourth-order valence-electron chi connectivity index (χ4n) is 8.83. The van der Waals surface area contributed by atoms with Crippen molar-refractivity contribution in [2.24, 2.45) is 11.8 Å². The molecule has 2 aliphatic carbocycles. The van der Waals surface area contributed by atoms with Gasteiger partial charge in [-0.05, 0) is 106 Å². The molecule has 2 aromatic carbocycles. The van der Waals surface area contributed by atoms with Crippen LogP contribution in [0.2, 0.25) is 5.02 Å². The van der Waals surface area contributed by atoms with E-state index in [4.69, 9.17) is 21.1 Å². The van der Waals surface area contributed by atoms with Gasteiger partial charge in [0, 0.05) is 61.1 Å². The molecule has 0 radical (unpaired) electrons. The number of nitrogens with zero attached hydrogens (tertiary/aromatic N) is 2. The molecule has 5 aliphatic rings. The monoisotopic (exact) mass is 735 g/mol. The van der Waals surface area contributed by atoms with E-state index in [1.807, 2.05) is 6.07 Å². The minimum atomic E-state index is -4.06. The molecular weight excluding hydrogens is 686 g/mol. The maximum absolute atomic E-state index is 13.5. The molecule has 2 N–H and O–H groups in total. The molecule has 7 rings (SSSR count). The molecule has 2 aromatic rings. The highest BCUT2D eigenvalue weighted by Crippen LogP contribution is 2.49. The van der Waals surface area contributed by atoms with E-state index >= 15 is 0 Å². The number of amides is 1. The Kier molecular flexibility index (Phi) is 10.5. The van der Waals surface area contributed by atoms with Crippen LogP contribution in [0.4, 0.5) is 5.69 Å². The van der Waals surface area contributed by atoms with Gasteiger partial charge in [-0.2, -0.15) is 0 Å². The summed E-state index contributed by atoms with van der Waals surface area (Å²) in [7, 11) is -4.06. The van der Waals surface area contributed by atoms with Gasteiger partial charge >= 0.3 is 0 Å². The van der Waals surface area contributed by atoms with Gasteiger partial charge in [-0.3, -0.25) is 9.69 Å².